The van der Waals surface area contributed by atoms with E-state index < -0.39 is 0 Å². The summed E-state index contributed by atoms with van der Waals surface area (Å²) in [5.74, 6) is -0.281. The van der Waals surface area contributed by atoms with Crippen LogP contribution in [0.5, 0.6) is 0 Å². The van der Waals surface area contributed by atoms with Crippen LogP contribution in [0.3, 0.4) is 0 Å². The van der Waals surface area contributed by atoms with Gasteiger partial charge in [0.1, 0.15) is 0 Å². The van der Waals surface area contributed by atoms with Crippen molar-refractivity contribution in [3.63, 3.8) is 0 Å². The minimum Gasteiger partial charge on any atom is -0.358 e. The highest BCUT2D eigenvalue weighted by Gasteiger charge is 2.06. The number of aromatic amines is 1. The summed E-state index contributed by atoms with van der Waals surface area (Å²) in [6.45, 7) is 1.98. The highest BCUT2D eigenvalue weighted by Crippen LogP contribution is 2.19. The lowest BCUT2D eigenvalue weighted by Gasteiger charge is -1.98. The van der Waals surface area contributed by atoms with Gasteiger partial charge in [-0.2, -0.15) is 5.10 Å². The molecule has 0 bridgehead atoms. The van der Waals surface area contributed by atoms with Crippen molar-refractivity contribution in [3.8, 4) is 0 Å². The summed E-state index contributed by atoms with van der Waals surface area (Å²) in [6.07, 6.45) is 4.78. The van der Waals surface area contributed by atoms with E-state index in [0.29, 0.717) is 5.56 Å². The predicted octanol–water partition coefficient (Wildman–Crippen LogP) is 2.64. The second-order valence-corrected chi connectivity index (χ2v) is 4.65. The van der Waals surface area contributed by atoms with Crippen molar-refractivity contribution in [2.75, 3.05) is 0 Å². The van der Waals surface area contributed by atoms with Crippen LogP contribution in [0.2, 0.25) is 0 Å². The standard InChI is InChI=1S/C16H14N4O/c1-11-14(13-6-2-3-7-15(13)19-11)10-18-20-16(21)12-5-4-8-17-9-12/h2-10,19H,1H3,(H,20,21)/b18-10+. The Labute approximate surface area is 121 Å². The van der Waals surface area contributed by atoms with Gasteiger partial charge < -0.3 is 4.98 Å². The first-order valence-corrected chi connectivity index (χ1v) is 6.56. The minimum absolute atomic E-state index is 0.281. The zero-order valence-electron chi connectivity index (χ0n) is 11.5. The Hall–Kier alpha value is -2.95. The van der Waals surface area contributed by atoms with Gasteiger partial charge in [-0.05, 0) is 25.1 Å². The molecular weight excluding hydrogens is 264 g/mol. The number of hydrogen-bond acceptors (Lipinski definition) is 3. The quantitative estimate of drug-likeness (QED) is 0.571. The third-order valence-corrected chi connectivity index (χ3v) is 3.23. The number of carbonyl (C=O) groups is 1. The molecule has 21 heavy (non-hydrogen) atoms. The molecule has 5 heteroatoms. The molecule has 0 atom stereocenters. The van der Waals surface area contributed by atoms with Gasteiger partial charge in [0, 0.05) is 34.6 Å². The zero-order valence-corrected chi connectivity index (χ0v) is 11.5. The van der Waals surface area contributed by atoms with Gasteiger partial charge in [0.25, 0.3) is 5.91 Å². The number of hydrogen-bond donors (Lipinski definition) is 2. The summed E-state index contributed by atoms with van der Waals surface area (Å²) in [5, 5.41) is 5.11. The second-order valence-electron chi connectivity index (χ2n) is 4.65. The van der Waals surface area contributed by atoms with E-state index in [-0.39, 0.29) is 5.91 Å². The van der Waals surface area contributed by atoms with Crippen LogP contribution in [0, 0.1) is 6.92 Å². The van der Waals surface area contributed by atoms with Crippen molar-refractivity contribution < 1.29 is 4.79 Å². The second kappa shape index (κ2) is 5.58. The summed E-state index contributed by atoms with van der Waals surface area (Å²) in [7, 11) is 0. The Morgan fingerprint density at radius 1 is 1.29 bits per heavy atom. The zero-order chi connectivity index (χ0) is 14.7. The number of aryl methyl sites for hydroxylation is 1. The van der Waals surface area contributed by atoms with E-state index in [1.807, 2.05) is 31.2 Å². The van der Waals surface area contributed by atoms with Gasteiger partial charge in [0.05, 0.1) is 11.8 Å². The molecule has 1 amide bonds. The minimum atomic E-state index is -0.281. The van der Waals surface area contributed by atoms with Gasteiger partial charge >= 0.3 is 0 Å². The number of amides is 1. The molecule has 3 aromatic rings. The van der Waals surface area contributed by atoms with Gasteiger partial charge in [-0.3, -0.25) is 9.78 Å². The van der Waals surface area contributed by atoms with Gasteiger partial charge in [0.15, 0.2) is 0 Å². The van der Waals surface area contributed by atoms with E-state index in [9.17, 15) is 4.79 Å². The van der Waals surface area contributed by atoms with Crippen LogP contribution in [-0.2, 0) is 0 Å². The normalized spacial score (nSPS) is 11.1. The number of pyridine rings is 1. The monoisotopic (exact) mass is 278 g/mol. The van der Waals surface area contributed by atoms with Gasteiger partial charge in [-0.1, -0.05) is 18.2 Å². The fourth-order valence-corrected chi connectivity index (χ4v) is 2.18. The molecule has 2 aromatic heterocycles. The summed E-state index contributed by atoms with van der Waals surface area (Å²) >= 11 is 0. The summed E-state index contributed by atoms with van der Waals surface area (Å²) in [5.41, 5.74) is 6.01. The number of rotatable bonds is 3. The molecule has 5 nitrogen and oxygen atoms in total. The summed E-state index contributed by atoms with van der Waals surface area (Å²) in [6, 6.07) is 11.4. The number of nitrogens with one attached hydrogen (secondary N) is 2. The number of para-hydroxylation sites is 1. The number of hydrazone groups is 1. The average molecular weight is 278 g/mol. The van der Waals surface area contributed by atoms with E-state index in [4.69, 9.17) is 0 Å². The first kappa shape index (κ1) is 13.1. The topological polar surface area (TPSA) is 70.1 Å². The molecule has 0 aliphatic rings. The van der Waals surface area contributed by atoms with E-state index in [1.54, 1.807) is 24.5 Å². The van der Waals surface area contributed by atoms with Crippen molar-refractivity contribution in [1.82, 2.24) is 15.4 Å². The molecule has 3 rings (SSSR count). The predicted molar refractivity (Wildman–Crippen MR) is 82.3 cm³/mol. The number of aromatic nitrogens is 2. The van der Waals surface area contributed by atoms with Gasteiger partial charge in [-0.15, -0.1) is 0 Å². The molecule has 0 saturated carbocycles. The lowest BCUT2D eigenvalue weighted by atomic mass is 10.1. The van der Waals surface area contributed by atoms with Crippen LogP contribution in [0.15, 0.2) is 53.9 Å². The number of H-pyrrole nitrogens is 1. The molecule has 0 aliphatic heterocycles. The first-order chi connectivity index (χ1) is 10.3. The molecule has 0 spiro atoms. The summed E-state index contributed by atoms with van der Waals surface area (Å²) < 4.78 is 0. The Kier molecular flexibility index (Phi) is 3.47. The molecule has 0 fully saturated rings. The van der Waals surface area contributed by atoms with Crippen LogP contribution in [0.1, 0.15) is 21.6 Å². The molecular formula is C16H14N4O. The van der Waals surface area contributed by atoms with Crippen molar-refractivity contribution in [2.24, 2.45) is 5.10 Å². The van der Waals surface area contributed by atoms with Crippen LogP contribution >= 0.6 is 0 Å². The molecule has 2 heterocycles. The fraction of sp³-hybridized carbons (Fsp3) is 0.0625. The molecule has 0 unspecified atom stereocenters. The SMILES string of the molecule is Cc1[nH]c2ccccc2c1/C=N/NC(=O)c1cccnc1. The lowest BCUT2D eigenvalue weighted by Crippen LogP contribution is -2.17. The third-order valence-electron chi connectivity index (χ3n) is 3.23. The van der Waals surface area contributed by atoms with E-state index >= 15 is 0 Å². The molecule has 0 saturated heterocycles. The van der Waals surface area contributed by atoms with Crippen LogP contribution in [0.4, 0.5) is 0 Å². The number of carbonyl (C=O) groups excluding carboxylic acids is 1. The maximum absolute atomic E-state index is 11.8. The van der Waals surface area contributed by atoms with Crippen LogP contribution < -0.4 is 5.43 Å². The maximum atomic E-state index is 11.8. The molecule has 1 aromatic carbocycles. The van der Waals surface area contributed by atoms with Gasteiger partial charge in [0.2, 0.25) is 0 Å². The molecule has 104 valence electrons. The molecule has 0 radical (unpaired) electrons. The number of benzene rings is 1. The third kappa shape index (κ3) is 2.67. The Morgan fingerprint density at radius 2 is 2.14 bits per heavy atom. The van der Waals surface area contributed by atoms with E-state index in [0.717, 1.165) is 22.2 Å². The van der Waals surface area contributed by atoms with E-state index in [1.165, 1.54) is 6.20 Å². The van der Waals surface area contributed by atoms with E-state index in [2.05, 4.69) is 20.5 Å². The van der Waals surface area contributed by atoms with Crippen molar-refractivity contribution >= 4 is 23.0 Å². The highest BCUT2D eigenvalue weighted by atomic mass is 16.2. The Bertz CT molecular complexity index is 806. The smallest absolute Gasteiger partial charge is 0.272 e. The van der Waals surface area contributed by atoms with Gasteiger partial charge in [-0.25, -0.2) is 5.43 Å². The van der Waals surface area contributed by atoms with Crippen molar-refractivity contribution in [2.45, 2.75) is 6.92 Å². The summed E-state index contributed by atoms with van der Waals surface area (Å²) in [4.78, 5) is 19.0. The Morgan fingerprint density at radius 3 is 2.95 bits per heavy atom. The lowest BCUT2D eigenvalue weighted by molar-refractivity contribution is 0.0955. The van der Waals surface area contributed by atoms with Crippen molar-refractivity contribution in [3.05, 3.63) is 65.6 Å². The van der Waals surface area contributed by atoms with Crippen LogP contribution in [0.25, 0.3) is 10.9 Å². The first-order valence-electron chi connectivity index (χ1n) is 6.56. The maximum Gasteiger partial charge on any atom is 0.272 e. The fourth-order valence-electron chi connectivity index (χ4n) is 2.18. The number of nitrogens with zero attached hydrogens (tertiary/aromatic N) is 2. The molecule has 0 aliphatic carbocycles. The number of fused-ring (bicyclic) bond motifs is 1. The largest absolute Gasteiger partial charge is 0.358 e. The Balaban J connectivity index is 1.79. The van der Waals surface area contributed by atoms with Crippen molar-refractivity contribution in [1.29, 1.82) is 0 Å². The molecule has 2 N–H and O–H groups in total. The highest BCUT2D eigenvalue weighted by molar-refractivity contribution is 6.01. The van der Waals surface area contributed by atoms with Crippen LogP contribution in [-0.4, -0.2) is 22.1 Å². The average Bonchev–Trinajstić information content (AvgIpc) is 2.84.